The van der Waals surface area contributed by atoms with Crippen molar-refractivity contribution in [1.82, 2.24) is 0 Å². The molecule has 1 aromatic carbocycles. The van der Waals surface area contributed by atoms with E-state index in [2.05, 4.69) is 26.0 Å². The second kappa shape index (κ2) is 5.30. The molecule has 1 heterocycles. The number of hydrogen-bond acceptors (Lipinski definition) is 4. The highest BCUT2D eigenvalue weighted by molar-refractivity contribution is 9.10. The van der Waals surface area contributed by atoms with E-state index in [1.165, 1.54) is 7.11 Å². The third-order valence-electron chi connectivity index (χ3n) is 3.14. The molecule has 102 valence electrons. The molecule has 0 bridgehead atoms. The fraction of sp³-hybridized carbons (Fsp3) is 0.385. The summed E-state index contributed by atoms with van der Waals surface area (Å²) in [6.45, 7) is 2.06. The maximum Gasteiger partial charge on any atom is 0.326 e. The minimum Gasteiger partial charge on any atom is -0.468 e. The fourth-order valence-corrected chi connectivity index (χ4v) is 2.14. The highest BCUT2D eigenvalue weighted by atomic mass is 79.9. The monoisotopic (exact) mass is 327 g/mol. The Bertz CT molecular complexity index is 525. The molecule has 6 heteroatoms. The van der Waals surface area contributed by atoms with Gasteiger partial charge in [-0.2, -0.15) is 0 Å². The van der Waals surface area contributed by atoms with Crippen LogP contribution in [0.5, 0.6) is 0 Å². The van der Waals surface area contributed by atoms with Crippen LogP contribution in [0.25, 0.3) is 0 Å². The molecule has 2 rings (SSSR count). The molecule has 5 nitrogen and oxygen atoms in total. The number of benzene rings is 1. The molecule has 1 aliphatic rings. The van der Waals surface area contributed by atoms with Gasteiger partial charge in [0.05, 0.1) is 20.3 Å². The number of ether oxygens (including phenoxy) is 2. The van der Waals surface area contributed by atoms with E-state index >= 15 is 0 Å². The van der Waals surface area contributed by atoms with Gasteiger partial charge < -0.3 is 14.8 Å². The number of esters is 1. The van der Waals surface area contributed by atoms with Gasteiger partial charge in [-0.3, -0.25) is 9.59 Å². The molecule has 1 amide bonds. The van der Waals surface area contributed by atoms with Crippen LogP contribution < -0.4 is 5.32 Å². The first-order chi connectivity index (χ1) is 8.99. The van der Waals surface area contributed by atoms with Crippen molar-refractivity contribution < 1.29 is 19.1 Å². The first kappa shape index (κ1) is 14.0. The lowest BCUT2D eigenvalue weighted by atomic mass is 9.85. The summed E-state index contributed by atoms with van der Waals surface area (Å²) in [6.07, 6.45) is 0. The molecule has 0 radical (unpaired) electrons. The second-order valence-corrected chi connectivity index (χ2v) is 5.34. The van der Waals surface area contributed by atoms with Crippen LogP contribution in [0.3, 0.4) is 0 Å². The van der Waals surface area contributed by atoms with Gasteiger partial charge in [0.2, 0.25) is 5.91 Å². The van der Waals surface area contributed by atoms with Crippen LogP contribution in [-0.4, -0.2) is 32.2 Å². The van der Waals surface area contributed by atoms with E-state index < -0.39 is 17.3 Å². The number of nitrogens with one attached hydrogen (secondary N) is 1. The molecule has 0 atom stereocenters. The second-order valence-electron chi connectivity index (χ2n) is 4.48. The van der Waals surface area contributed by atoms with Gasteiger partial charge in [-0.15, -0.1) is 0 Å². The number of rotatable bonds is 3. The highest BCUT2D eigenvalue weighted by Gasteiger charge is 2.54. The summed E-state index contributed by atoms with van der Waals surface area (Å²) in [6, 6.07) is 5.45. The molecular formula is C13H14BrNO4. The van der Waals surface area contributed by atoms with Crippen molar-refractivity contribution in [2.24, 2.45) is 5.41 Å². The molecule has 1 fully saturated rings. The van der Waals surface area contributed by atoms with Crippen LogP contribution in [0, 0.1) is 12.3 Å². The number of carbonyl (C=O) groups is 2. The third kappa shape index (κ3) is 2.50. The summed E-state index contributed by atoms with van der Waals surface area (Å²) in [4.78, 5) is 23.9. The minimum atomic E-state index is -1.22. The number of halogens is 1. The number of anilines is 1. The number of hydrogen-bond donors (Lipinski definition) is 1. The lowest BCUT2D eigenvalue weighted by Gasteiger charge is -2.36. The van der Waals surface area contributed by atoms with Gasteiger partial charge >= 0.3 is 5.97 Å². The summed E-state index contributed by atoms with van der Waals surface area (Å²) in [7, 11) is 1.26. The number of aryl methyl sites for hydroxylation is 1. The van der Waals surface area contributed by atoms with Gasteiger partial charge in [-0.25, -0.2) is 0 Å². The van der Waals surface area contributed by atoms with Crippen LogP contribution in [0.15, 0.2) is 22.7 Å². The first-order valence-corrected chi connectivity index (χ1v) is 6.53. The van der Waals surface area contributed by atoms with E-state index in [0.29, 0.717) is 5.69 Å². The van der Waals surface area contributed by atoms with E-state index in [1.54, 1.807) is 12.1 Å². The maximum atomic E-state index is 12.2. The molecule has 1 saturated heterocycles. The number of amides is 1. The molecular weight excluding hydrogens is 314 g/mol. The summed E-state index contributed by atoms with van der Waals surface area (Å²) < 4.78 is 10.6. The minimum absolute atomic E-state index is 0.0541. The van der Waals surface area contributed by atoms with Gasteiger partial charge in [0.1, 0.15) is 0 Å². The normalized spacial score (nSPS) is 16.4. The average molecular weight is 328 g/mol. The predicted octanol–water partition coefficient (Wildman–Crippen LogP) is 1.89. The molecule has 0 spiro atoms. The Balaban J connectivity index is 2.16. The topological polar surface area (TPSA) is 64.6 Å². The first-order valence-electron chi connectivity index (χ1n) is 5.73. The zero-order valence-corrected chi connectivity index (χ0v) is 12.2. The van der Waals surface area contributed by atoms with E-state index in [9.17, 15) is 9.59 Å². The number of methoxy groups -OCH3 is 1. The van der Waals surface area contributed by atoms with Crippen LogP contribution in [0.2, 0.25) is 0 Å². The smallest absolute Gasteiger partial charge is 0.326 e. The van der Waals surface area contributed by atoms with Crippen molar-refractivity contribution in [2.45, 2.75) is 6.92 Å². The SMILES string of the molecule is COC(=O)C1(C(=O)Nc2ccc(C)c(Br)c2)COC1. The lowest BCUT2D eigenvalue weighted by molar-refractivity contribution is -0.185. The van der Waals surface area contributed by atoms with E-state index in [-0.39, 0.29) is 13.2 Å². The van der Waals surface area contributed by atoms with E-state index in [1.807, 2.05) is 13.0 Å². The Kier molecular flexibility index (Phi) is 3.91. The van der Waals surface area contributed by atoms with Crippen molar-refractivity contribution >= 4 is 33.5 Å². The van der Waals surface area contributed by atoms with Crippen LogP contribution in [0.4, 0.5) is 5.69 Å². The molecule has 1 aromatic rings. The Labute approximate surface area is 119 Å². The zero-order valence-electron chi connectivity index (χ0n) is 10.7. The van der Waals surface area contributed by atoms with Crippen molar-refractivity contribution in [2.75, 3.05) is 25.6 Å². The Morgan fingerprint density at radius 1 is 1.42 bits per heavy atom. The van der Waals surface area contributed by atoms with Crippen LogP contribution in [0.1, 0.15) is 5.56 Å². The Morgan fingerprint density at radius 3 is 2.58 bits per heavy atom. The van der Waals surface area contributed by atoms with E-state index in [0.717, 1.165) is 10.0 Å². The molecule has 0 aliphatic carbocycles. The Hall–Kier alpha value is -1.40. The summed E-state index contributed by atoms with van der Waals surface area (Å²) in [5.41, 5.74) is 0.469. The average Bonchev–Trinajstić information content (AvgIpc) is 2.32. The lowest BCUT2D eigenvalue weighted by Crippen LogP contribution is -2.57. The van der Waals surface area contributed by atoms with Crippen molar-refractivity contribution in [1.29, 1.82) is 0 Å². The van der Waals surface area contributed by atoms with Gasteiger partial charge in [0.15, 0.2) is 5.41 Å². The Morgan fingerprint density at radius 2 is 2.11 bits per heavy atom. The summed E-state index contributed by atoms with van der Waals surface area (Å²) >= 11 is 3.39. The van der Waals surface area contributed by atoms with E-state index in [4.69, 9.17) is 4.74 Å². The molecule has 0 saturated carbocycles. The quantitative estimate of drug-likeness (QED) is 0.680. The van der Waals surface area contributed by atoms with Crippen molar-refractivity contribution in [3.05, 3.63) is 28.2 Å². The van der Waals surface area contributed by atoms with Gasteiger partial charge in [0.25, 0.3) is 0 Å². The van der Waals surface area contributed by atoms with Gasteiger partial charge in [0, 0.05) is 10.2 Å². The van der Waals surface area contributed by atoms with Crippen molar-refractivity contribution in [3.8, 4) is 0 Å². The van der Waals surface area contributed by atoms with Gasteiger partial charge in [-0.1, -0.05) is 22.0 Å². The molecule has 19 heavy (non-hydrogen) atoms. The summed E-state index contributed by atoms with van der Waals surface area (Å²) in [5.74, 6) is -0.969. The van der Waals surface area contributed by atoms with Crippen LogP contribution in [-0.2, 0) is 19.1 Å². The maximum absolute atomic E-state index is 12.2. The zero-order chi connectivity index (χ0) is 14.0. The number of carbonyl (C=O) groups excluding carboxylic acids is 2. The third-order valence-corrected chi connectivity index (χ3v) is 3.99. The summed E-state index contributed by atoms with van der Waals surface area (Å²) in [5, 5.41) is 2.72. The predicted molar refractivity (Wildman–Crippen MR) is 72.8 cm³/mol. The molecule has 1 N–H and O–H groups in total. The largest absolute Gasteiger partial charge is 0.468 e. The van der Waals surface area contributed by atoms with Crippen LogP contribution >= 0.6 is 15.9 Å². The molecule has 0 unspecified atom stereocenters. The molecule has 0 aromatic heterocycles. The van der Waals surface area contributed by atoms with Crippen molar-refractivity contribution in [3.63, 3.8) is 0 Å². The highest BCUT2D eigenvalue weighted by Crippen LogP contribution is 2.31. The standard InChI is InChI=1S/C13H14BrNO4/c1-8-3-4-9(5-10(8)14)15-11(16)13(6-19-7-13)12(17)18-2/h3-5H,6-7H2,1-2H3,(H,15,16). The fourth-order valence-electron chi connectivity index (χ4n) is 1.76. The molecule has 1 aliphatic heterocycles. The van der Waals surface area contributed by atoms with Gasteiger partial charge in [-0.05, 0) is 24.6 Å².